The second kappa shape index (κ2) is 6.10. The van der Waals surface area contributed by atoms with Crippen molar-refractivity contribution in [3.05, 3.63) is 63.9 Å². The van der Waals surface area contributed by atoms with Crippen LogP contribution in [0.4, 0.5) is 0 Å². The molecule has 2 nitrogen and oxygen atoms in total. The van der Waals surface area contributed by atoms with E-state index in [1.54, 1.807) is 0 Å². The zero-order chi connectivity index (χ0) is 14.8. The number of ether oxygens (including phenoxy) is 1. The Morgan fingerprint density at radius 3 is 2.52 bits per heavy atom. The summed E-state index contributed by atoms with van der Waals surface area (Å²) in [5.41, 5.74) is 2.52. The number of nitrogens with zero attached hydrogens (tertiary/aromatic N) is 1. The maximum atomic E-state index is 5.89. The van der Waals surface area contributed by atoms with Crippen LogP contribution in [0.15, 0.2) is 54.7 Å². The van der Waals surface area contributed by atoms with Crippen molar-refractivity contribution in [3.8, 4) is 5.75 Å². The van der Waals surface area contributed by atoms with Crippen molar-refractivity contribution in [2.24, 2.45) is 0 Å². The first-order chi connectivity index (χ1) is 10.1. The minimum atomic E-state index is 0.190. The molecule has 0 fully saturated rings. The zero-order valence-corrected chi connectivity index (χ0v) is 14.4. The molecule has 1 heterocycles. The second-order valence-electron chi connectivity index (χ2n) is 5.43. The molecule has 0 atom stereocenters. The Balaban J connectivity index is 1.95. The lowest BCUT2D eigenvalue weighted by Crippen LogP contribution is -2.05. The van der Waals surface area contributed by atoms with Gasteiger partial charge in [-0.15, -0.1) is 0 Å². The molecule has 0 radical (unpaired) electrons. The molecule has 3 rings (SSSR count). The van der Waals surface area contributed by atoms with E-state index in [0.29, 0.717) is 0 Å². The van der Waals surface area contributed by atoms with Crippen molar-refractivity contribution < 1.29 is 4.74 Å². The predicted octanol–water partition coefficient (Wildman–Crippen LogP) is 5.08. The molecule has 0 aliphatic heterocycles. The van der Waals surface area contributed by atoms with Crippen LogP contribution in [0.5, 0.6) is 5.75 Å². The molecule has 0 bridgehead atoms. The van der Waals surface area contributed by atoms with Crippen molar-refractivity contribution in [2.75, 3.05) is 0 Å². The fourth-order valence-corrected chi connectivity index (χ4v) is 2.84. The summed E-state index contributed by atoms with van der Waals surface area (Å²) < 4.78 is 9.43. The molecule has 0 aliphatic carbocycles. The van der Waals surface area contributed by atoms with Gasteiger partial charge in [0.05, 0.1) is 11.6 Å². The molecule has 1 aromatic heterocycles. The Morgan fingerprint density at radius 2 is 1.81 bits per heavy atom. The van der Waals surface area contributed by atoms with E-state index in [2.05, 4.69) is 89.7 Å². The van der Waals surface area contributed by atoms with Gasteiger partial charge in [0.15, 0.2) is 0 Å². The van der Waals surface area contributed by atoms with E-state index in [1.165, 1.54) is 20.0 Å². The van der Waals surface area contributed by atoms with Crippen LogP contribution in [-0.4, -0.2) is 10.7 Å². The lowest BCUT2D eigenvalue weighted by atomic mass is 10.2. The number of aromatic nitrogens is 1. The summed E-state index contributed by atoms with van der Waals surface area (Å²) in [6.45, 7) is 4.99. The molecule has 108 valence electrons. The average molecular weight is 391 g/mol. The van der Waals surface area contributed by atoms with Gasteiger partial charge in [-0.2, -0.15) is 0 Å². The lowest BCUT2D eigenvalue weighted by Gasteiger charge is -2.11. The maximum absolute atomic E-state index is 5.89. The number of hydrogen-bond donors (Lipinski definition) is 0. The summed E-state index contributed by atoms with van der Waals surface area (Å²) in [6.07, 6.45) is 2.32. The normalized spacial score (nSPS) is 11.2. The van der Waals surface area contributed by atoms with Crippen molar-refractivity contribution >= 4 is 33.5 Å². The molecule has 2 aromatic carbocycles. The van der Waals surface area contributed by atoms with Gasteiger partial charge in [-0.1, -0.05) is 18.2 Å². The molecule has 0 saturated heterocycles. The summed E-state index contributed by atoms with van der Waals surface area (Å²) in [5, 5.41) is 1.18. The van der Waals surface area contributed by atoms with Crippen LogP contribution in [0, 0.1) is 3.57 Å². The highest BCUT2D eigenvalue weighted by molar-refractivity contribution is 14.1. The van der Waals surface area contributed by atoms with Crippen molar-refractivity contribution in [2.45, 2.75) is 26.5 Å². The molecule has 0 unspecified atom stereocenters. The zero-order valence-electron chi connectivity index (χ0n) is 12.2. The predicted molar refractivity (Wildman–Crippen MR) is 96.0 cm³/mol. The fourth-order valence-electron chi connectivity index (χ4n) is 2.48. The molecule has 3 aromatic rings. The maximum Gasteiger partial charge on any atom is 0.129 e. The first-order valence-corrected chi connectivity index (χ1v) is 8.20. The van der Waals surface area contributed by atoms with Gasteiger partial charge < -0.3 is 9.30 Å². The number of rotatable bonds is 4. The first-order valence-electron chi connectivity index (χ1n) is 7.12. The highest BCUT2D eigenvalue weighted by Crippen LogP contribution is 2.28. The van der Waals surface area contributed by atoms with Crippen molar-refractivity contribution in [1.82, 2.24) is 4.57 Å². The minimum absolute atomic E-state index is 0.190. The van der Waals surface area contributed by atoms with E-state index in [9.17, 15) is 0 Å². The molecule has 21 heavy (non-hydrogen) atoms. The molecule has 0 spiro atoms. The van der Waals surface area contributed by atoms with Crippen LogP contribution in [0.3, 0.4) is 0 Å². The lowest BCUT2D eigenvalue weighted by molar-refractivity contribution is 0.245. The summed E-state index contributed by atoms with van der Waals surface area (Å²) in [4.78, 5) is 0. The Hall–Kier alpha value is -1.49. The topological polar surface area (TPSA) is 14.2 Å². The summed E-state index contributed by atoms with van der Waals surface area (Å²) in [5.74, 6) is 0.962. The average Bonchev–Trinajstić information content (AvgIpc) is 2.85. The number of fused-ring (bicyclic) bond motifs is 1. The Labute approximate surface area is 138 Å². The van der Waals surface area contributed by atoms with E-state index >= 15 is 0 Å². The molecular formula is C18H18INO. The Morgan fingerprint density at radius 1 is 1.05 bits per heavy atom. The highest BCUT2D eigenvalue weighted by atomic mass is 127. The van der Waals surface area contributed by atoms with Crippen LogP contribution < -0.4 is 4.74 Å². The van der Waals surface area contributed by atoms with Crippen LogP contribution in [0.1, 0.15) is 19.4 Å². The fraction of sp³-hybridized carbons (Fsp3) is 0.222. The Bertz CT molecular complexity index is 744. The van der Waals surface area contributed by atoms with E-state index in [-0.39, 0.29) is 6.10 Å². The first kappa shape index (κ1) is 14.4. The number of halogens is 1. The SMILES string of the molecule is CC(C)Oc1cccc2c1ccn2Cc1ccc(I)cc1. The number of hydrogen-bond acceptors (Lipinski definition) is 1. The quantitative estimate of drug-likeness (QED) is 0.566. The van der Waals surface area contributed by atoms with E-state index < -0.39 is 0 Å². The third kappa shape index (κ3) is 3.23. The number of benzene rings is 2. The van der Waals surface area contributed by atoms with Gasteiger partial charge in [-0.3, -0.25) is 0 Å². The van der Waals surface area contributed by atoms with Crippen LogP contribution >= 0.6 is 22.6 Å². The third-order valence-corrected chi connectivity index (χ3v) is 4.12. The summed E-state index contributed by atoms with van der Waals surface area (Å²) in [6, 6.07) is 17.0. The smallest absolute Gasteiger partial charge is 0.129 e. The molecule has 0 saturated carbocycles. The molecule has 3 heteroatoms. The third-order valence-electron chi connectivity index (χ3n) is 3.40. The van der Waals surface area contributed by atoms with Gasteiger partial charge in [0.25, 0.3) is 0 Å². The van der Waals surface area contributed by atoms with Gasteiger partial charge in [-0.25, -0.2) is 0 Å². The molecule has 0 amide bonds. The van der Waals surface area contributed by atoms with Crippen LogP contribution in [0.2, 0.25) is 0 Å². The largest absolute Gasteiger partial charge is 0.490 e. The van der Waals surface area contributed by atoms with Crippen LogP contribution in [-0.2, 0) is 6.54 Å². The van der Waals surface area contributed by atoms with Gasteiger partial charge in [0, 0.05) is 21.7 Å². The molecular weight excluding hydrogens is 373 g/mol. The molecule has 0 N–H and O–H groups in total. The summed E-state index contributed by atoms with van der Waals surface area (Å²) >= 11 is 2.33. The van der Waals surface area contributed by atoms with Gasteiger partial charge >= 0.3 is 0 Å². The van der Waals surface area contributed by atoms with Gasteiger partial charge in [-0.05, 0) is 72.3 Å². The Kier molecular flexibility index (Phi) is 4.19. The second-order valence-corrected chi connectivity index (χ2v) is 6.67. The van der Waals surface area contributed by atoms with Crippen molar-refractivity contribution in [3.63, 3.8) is 0 Å². The highest BCUT2D eigenvalue weighted by Gasteiger charge is 2.08. The van der Waals surface area contributed by atoms with Crippen LogP contribution in [0.25, 0.3) is 10.9 Å². The van der Waals surface area contributed by atoms with E-state index in [0.717, 1.165) is 12.3 Å². The van der Waals surface area contributed by atoms with E-state index in [1.807, 2.05) is 6.07 Å². The standard InChI is InChI=1S/C18H18INO/c1-13(2)21-18-5-3-4-17-16(18)10-11-20(17)12-14-6-8-15(19)9-7-14/h3-11,13H,12H2,1-2H3. The summed E-state index contributed by atoms with van der Waals surface area (Å²) in [7, 11) is 0. The van der Waals surface area contributed by atoms with Crippen molar-refractivity contribution in [1.29, 1.82) is 0 Å². The van der Waals surface area contributed by atoms with Gasteiger partial charge in [0.1, 0.15) is 5.75 Å². The van der Waals surface area contributed by atoms with Gasteiger partial charge in [0.2, 0.25) is 0 Å². The molecule has 0 aliphatic rings. The monoisotopic (exact) mass is 391 g/mol. The van der Waals surface area contributed by atoms with E-state index in [4.69, 9.17) is 4.74 Å². The minimum Gasteiger partial charge on any atom is -0.490 e.